The molecule has 0 aliphatic carbocycles. The Kier molecular flexibility index (Phi) is 5.35. The van der Waals surface area contributed by atoms with Gasteiger partial charge in [0.1, 0.15) is 4.90 Å². The van der Waals surface area contributed by atoms with E-state index in [0.29, 0.717) is 24.4 Å². The summed E-state index contributed by atoms with van der Waals surface area (Å²) in [6, 6.07) is -0.394. The van der Waals surface area contributed by atoms with E-state index in [2.05, 4.69) is 14.9 Å². The fourth-order valence-electron chi connectivity index (χ4n) is 2.93. The third kappa shape index (κ3) is 3.95. The summed E-state index contributed by atoms with van der Waals surface area (Å²) in [5.41, 5.74) is 0.711. The quantitative estimate of drug-likeness (QED) is 0.676. The van der Waals surface area contributed by atoms with E-state index in [1.54, 1.807) is 20.8 Å². The molecule has 1 amide bonds. The predicted molar refractivity (Wildman–Crippen MR) is 87.7 cm³/mol. The first kappa shape index (κ1) is 18.9. The standard InChI is InChI=1S/C13H22N4O5S2/c1-4-17(11-5-6-23(19,20)8-11)12(18)7-14-24(21,22)13-9(2)15-16-10(13)3/h11,14H,4-8H2,1-3H3,(H,15,16). The number of carbonyl (C=O) groups excluding carboxylic acids is 1. The second-order valence-corrected chi connectivity index (χ2v) is 9.76. The van der Waals surface area contributed by atoms with Gasteiger partial charge in [-0.25, -0.2) is 21.6 Å². The lowest BCUT2D eigenvalue weighted by Gasteiger charge is -2.27. The smallest absolute Gasteiger partial charge is 0.244 e. The van der Waals surface area contributed by atoms with E-state index in [9.17, 15) is 21.6 Å². The van der Waals surface area contributed by atoms with Crippen molar-refractivity contribution in [3.05, 3.63) is 11.4 Å². The van der Waals surface area contributed by atoms with Gasteiger partial charge in [-0.3, -0.25) is 9.89 Å². The zero-order valence-corrected chi connectivity index (χ0v) is 15.5. The molecule has 1 fully saturated rings. The van der Waals surface area contributed by atoms with E-state index in [0.717, 1.165) is 0 Å². The van der Waals surface area contributed by atoms with Crippen molar-refractivity contribution in [3.63, 3.8) is 0 Å². The number of aromatic amines is 1. The largest absolute Gasteiger partial charge is 0.338 e. The van der Waals surface area contributed by atoms with Crippen molar-refractivity contribution < 1.29 is 21.6 Å². The number of rotatable bonds is 6. The first-order chi connectivity index (χ1) is 11.1. The number of carbonyl (C=O) groups is 1. The number of nitrogens with one attached hydrogen (secondary N) is 2. The highest BCUT2D eigenvalue weighted by atomic mass is 32.2. The summed E-state index contributed by atoms with van der Waals surface area (Å²) in [4.78, 5) is 13.8. The van der Waals surface area contributed by atoms with Crippen LogP contribution in [0.25, 0.3) is 0 Å². The van der Waals surface area contributed by atoms with Gasteiger partial charge in [-0.2, -0.15) is 5.10 Å². The lowest BCUT2D eigenvalue weighted by Crippen LogP contribution is -2.46. The van der Waals surface area contributed by atoms with Gasteiger partial charge in [0.05, 0.1) is 29.4 Å². The summed E-state index contributed by atoms with van der Waals surface area (Å²) < 4.78 is 50.1. The lowest BCUT2D eigenvalue weighted by molar-refractivity contribution is -0.131. The summed E-state index contributed by atoms with van der Waals surface area (Å²) >= 11 is 0. The third-order valence-electron chi connectivity index (χ3n) is 4.05. The monoisotopic (exact) mass is 378 g/mol. The average molecular weight is 378 g/mol. The van der Waals surface area contributed by atoms with Gasteiger partial charge >= 0.3 is 0 Å². The van der Waals surface area contributed by atoms with Crippen LogP contribution in [0.3, 0.4) is 0 Å². The van der Waals surface area contributed by atoms with Gasteiger partial charge in [0, 0.05) is 12.6 Å². The Balaban J connectivity index is 2.06. The van der Waals surface area contributed by atoms with Crippen molar-refractivity contribution >= 4 is 25.8 Å². The van der Waals surface area contributed by atoms with Crippen LogP contribution >= 0.6 is 0 Å². The van der Waals surface area contributed by atoms with Gasteiger partial charge in [0.2, 0.25) is 15.9 Å². The van der Waals surface area contributed by atoms with Crippen molar-refractivity contribution in [2.75, 3.05) is 24.6 Å². The molecular formula is C13H22N4O5S2. The van der Waals surface area contributed by atoms with Crippen LogP contribution in [0.5, 0.6) is 0 Å². The van der Waals surface area contributed by atoms with E-state index in [1.807, 2.05) is 0 Å². The number of aryl methyl sites for hydroxylation is 2. The molecule has 1 aromatic rings. The minimum absolute atomic E-state index is 0.0294. The Morgan fingerprint density at radius 3 is 2.54 bits per heavy atom. The Bertz CT molecular complexity index is 809. The highest BCUT2D eigenvalue weighted by molar-refractivity contribution is 7.91. The van der Waals surface area contributed by atoms with Gasteiger partial charge in [-0.15, -0.1) is 0 Å². The molecule has 0 aromatic carbocycles. The molecule has 1 unspecified atom stereocenters. The van der Waals surface area contributed by atoms with Crippen LogP contribution in [-0.4, -0.2) is 68.5 Å². The van der Waals surface area contributed by atoms with Crippen molar-refractivity contribution in [2.24, 2.45) is 0 Å². The third-order valence-corrected chi connectivity index (χ3v) is 7.47. The molecule has 9 nitrogen and oxygen atoms in total. The Labute approximate surface area is 141 Å². The molecule has 1 atom stereocenters. The number of aromatic nitrogens is 2. The molecule has 0 bridgehead atoms. The molecule has 2 heterocycles. The number of sulfone groups is 1. The normalized spacial score (nSPS) is 20.2. The van der Waals surface area contributed by atoms with Crippen LogP contribution in [0.15, 0.2) is 4.90 Å². The minimum Gasteiger partial charge on any atom is -0.338 e. The molecule has 0 saturated carbocycles. The fraction of sp³-hybridized carbons (Fsp3) is 0.692. The molecule has 1 saturated heterocycles. The van der Waals surface area contributed by atoms with Gasteiger partial charge < -0.3 is 4.90 Å². The molecule has 24 heavy (non-hydrogen) atoms. The van der Waals surface area contributed by atoms with Gasteiger partial charge in [-0.1, -0.05) is 0 Å². The van der Waals surface area contributed by atoms with Crippen LogP contribution < -0.4 is 4.72 Å². The first-order valence-corrected chi connectivity index (χ1v) is 10.9. The number of hydrogen-bond acceptors (Lipinski definition) is 6. The Hall–Kier alpha value is -1.46. The van der Waals surface area contributed by atoms with Crippen molar-refractivity contribution in [3.8, 4) is 0 Å². The molecule has 2 rings (SSSR count). The molecule has 1 aromatic heterocycles. The van der Waals surface area contributed by atoms with Crippen molar-refractivity contribution in [1.29, 1.82) is 0 Å². The van der Waals surface area contributed by atoms with E-state index < -0.39 is 38.4 Å². The minimum atomic E-state index is -3.87. The van der Waals surface area contributed by atoms with Crippen LogP contribution in [0, 0.1) is 13.8 Å². The number of amides is 1. The molecular weight excluding hydrogens is 356 g/mol. The fourth-order valence-corrected chi connectivity index (χ4v) is 6.00. The van der Waals surface area contributed by atoms with Gasteiger partial charge in [-0.05, 0) is 27.2 Å². The summed E-state index contributed by atoms with van der Waals surface area (Å²) in [7, 11) is -6.99. The summed E-state index contributed by atoms with van der Waals surface area (Å²) in [5, 5.41) is 6.42. The summed E-state index contributed by atoms with van der Waals surface area (Å²) in [6.07, 6.45) is 0.384. The lowest BCUT2D eigenvalue weighted by atomic mass is 10.2. The maximum absolute atomic E-state index is 12.3. The zero-order chi connectivity index (χ0) is 18.1. The highest BCUT2D eigenvalue weighted by Gasteiger charge is 2.34. The number of hydrogen-bond donors (Lipinski definition) is 2. The second kappa shape index (κ2) is 6.81. The van der Waals surface area contributed by atoms with Crippen LogP contribution in [0.4, 0.5) is 0 Å². The maximum atomic E-state index is 12.3. The van der Waals surface area contributed by atoms with Crippen molar-refractivity contribution in [2.45, 2.75) is 38.1 Å². The number of H-pyrrole nitrogens is 1. The molecule has 0 radical (unpaired) electrons. The number of sulfonamides is 1. The number of likely N-dealkylation sites (N-methyl/N-ethyl adjacent to an activating group) is 1. The van der Waals surface area contributed by atoms with Gasteiger partial charge in [0.25, 0.3) is 0 Å². The first-order valence-electron chi connectivity index (χ1n) is 7.58. The van der Waals surface area contributed by atoms with Crippen LogP contribution in [-0.2, 0) is 24.7 Å². The zero-order valence-electron chi connectivity index (χ0n) is 13.9. The maximum Gasteiger partial charge on any atom is 0.244 e. The molecule has 2 N–H and O–H groups in total. The summed E-state index contributed by atoms with van der Waals surface area (Å²) in [5.74, 6) is -0.457. The van der Waals surface area contributed by atoms with Gasteiger partial charge in [0.15, 0.2) is 9.84 Å². The highest BCUT2D eigenvalue weighted by Crippen LogP contribution is 2.19. The molecule has 1 aliphatic rings. The van der Waals surface area contributed by atoms with Crippen molar-refractivity contribution in [1.82, 2.24) is 19.8 Å². The van der Waals surface area contributed by atoms with Crippen LogP contribution in [0.1, 0.15) is 24.7 Å². The molecule has 11 heteroatoms. The van der Waals surface area contributed by atoms with E-state index in [-0.39, 0.29) is 16.4 Å². The Morgan fingerprint density at radius 2 is 2.08 bits per heavy atom. The van der Waals surface area contributed by atoms with Crippen LogP contribution in [0.2, 0.25) is 0 Å². The van der Waals surface area contributed by atoms with E-state index in [1.165, 1.54) is 4.90 Å². The topological polar surface area (TPSA) is 129 Å². The predicted octanol–water partition coefficient (Wildman–Crippen LogP) is -0.660. The number of nitrogens with zero attached hydrogens (tertiary/aromatic N) is 2. The second-order valence-electron chi connectivity index (χ2n) is 5.82. The molecule has 1 aliphatic heterocycles. The van der Waals surface area contributed by atoms with E-state index >= 15 is 0 Å². The molecule has 136 valence electrons. The average Bonchev–Trinajstić information content (AvgIpc) is 3.00. The molecule has 0 spiro atoms. The van der Waals surface area contributed by atoms with E-state index in [4.69, 9.17) is 0 Å². The Morgan fingerprint density at radius 1 is 1.42 bits per heavy atom. The summed E-state index contributed by atoms with van der Waals surface area (Å²) in [6.45, 7) is 4.78. The SMILES string of the molecule is CCN(C(=O)CNS(=O)(=O)c1c(C)n[nH]c1C)C1CCS(=O)(=O)C1.